The average Bonchev–Trinajstić information content (AvgIpc) is 3.45. The van der Waals surface area contributed by atoms with Crippen molar-refractivity contribution in [1.82, 2.24) is 25.9 Å². The van der Waals surface area contributed by atoms with Crippen molar-refractivity contribution in [1.29, 1.82) is 0 Å². The van der Waals surface area contributed by atoms with Crippen LogP contribution in [-0.4, -0.2) is 52.8 Å². The van der Waals surface area contributed by atoms with Crippen molar-refractivity contribution < 1.29 is 27.8 Å². The van der Waals surface area contributed by atoms with Crippen molar-refractivity contribution >= 4 is 29.0 Å². The van der Waals surface area contributed by atoms with Crippen LogP contribution in [0.3, 0.4) is 0 Å². The second-order valence-electron chi connectivity index (χ2n) is 11.4. The Morgan fingerprint density at radius 3 is 2.60 bits per heavy atom. The van der Waals surface area contributed by atoms with Gasteiger partial charge in [0.1, 0.15) is 5.75 Å². The highest BCUT2D eigenvalue weighted by atomic mass is 35.5. The summed E-state index contributed by atoms with van der Waals surface area (Å²) in [6, 6.07) is 13.7. The molecule has 2 aromatic heterocycles. The molecule has 0 bridgehead atoms. The molecule has 3 heterocycles. The Balaban J connectivity index is 1.38. The first-order valence-corrected chi connectivity index (χ1v) is 15.6. The van der Waals surface area contributed by atoms with E-state index < -0.39 is 18.5 Å². The molecule has 5 N–H and O–H groups in total. The normalized spacial score (nSPS) is 15.1. The van der Waals surface area contributed by atoms with Crippen molar-refractivity contribution in [3.05, 3.63) is 88.5 Å². The monoisotopic (exact) mass is 668 g/mol. The van der Waals surface area contributed by atoms with Crippen molar-refractivity contribution in [3.8, 4) is 28.1 Å². The van der Waals surface area contributed by atoms with Crippen LogP contribution in [0.2, 0.25) is 5.02 Å². The van der Waals surface area contributed by atoms with Crippen molar-refractivity contribution in [3.63, 3.8) is 0 Å². The number of aliphatic hydroxyl groups excluding tert-OH is 1. The lowest BCUT2D eigenvalue weighted by molar-refractivity contribution is -0.119. The number of anilines is 2. The minimum absolute atomic E-state index is 0.00196. The number of nitrogens with one attached hydrogen (secondary N) is 4. The fraction of sp³-hybridized carbons (Fsp3) is 0.324. The zero-order chi connectivity index (χ0) is 33.5. The van der Waals surface area contributed by atoms with E-state index in [1.165, 1.54) is 12.3 Å². The molecular weight excluding hydrogens is 633 g/mol. The number of ether oxygens (including phenoxy) is 1. The molecule has 47 heavy (non-hydrogen) atoms. The first kappa shape index (κ1) is 34.1. The number of carbonyl (C=O) groups is 1. The third-order valence-corrected chi connectivity index (χ3v) is 8.22. The van der Waals surface area contributed by atoms with Gasteiger partial charge in [-0.2, -0.15) is 8.78 Å². The van der Waals surface area contributed by atoms with E-state index in [0.29, 0.717) is 64.6 Å². The fourth-order valence-electron chi connectivity index (χ4n) is 5.43. The van der Waals surface area contributed by atoms with Crippen LogP contribution in [-0.2, 0) is 17.9 Å². The number of aliphatic hydroxyl groups is 1. The first-order chi connectivity index (χ1) is 22.6. The average molecular weight is 669 g/mol. The SMILES string of the molecule is Cc1c(Nc2nccc(CNC[C@H](C)O)c2F)cccc1-c1ccnc(-c2ccc(CNC[C@@H]3CCC(=O)N3)c(OC(F)F)c2)c1Cl. The molecule has 13 heteroatoms. The topological polar surface area (TPSA) is 120 Å². The number of hydrogen-bond acceptors (Lipinski definition) is 8. The van der Waals surface area contributed by atoms with Crippen LogP contribution >= 0.6 is 11.6 Å². The maximum Gasteiger partial charge on any atom is 0.387 e. The number of carbonyl (C=O) groups excluding carboxylic acids is 1. The molecule has 0 spiro atoms. The van der Waals surface area contributed by atoms with Crippen molar-refractivity contribution in [2.45, 2.75) is 58.5 Å². The maximum atomic E-state index is 15.3. The quantitative estimate of drug-likeness (QED) is 0.109. The Morgan fingerprint density at radius 1 is 1.06 bits per heavy atom. The Morgan fingerprint density at radius 2 is 1.85 bits per heavy atom. The number of halogens is 4. The van der Waals surface area contributed by atoms with Crippen molar-refractivity contribution in [2.24, 2.45) is 0 Å². The predicted octanol–water partition coefficient (Wildman–Crippen LogP) is 6.10. The lowest BCUT2D eigenvalue weighted by Crippen LogP contribution is -2.35. The summed E-state index contributed by atoms with van der Waals surface area (Å²) < 4.78 is 47.0. The van der Waals surface area contributed by atoms with Gasteiger partial charge in [0.2, 0.25) is 5.91 Å². The Labute approximate surface area is 275 Å². The van der Waals surface area contributed by atoms with Gasteiger partial charge in [-0.1, -0.05) is 35.9 Å². The van der Waals surface area contributed by atoms with E-state index in [-0.39, 0.29) is 36.6 Å². The van der Waals surface area contributed by atoms with Crippen LogP contribution in [0.1, 0.15) is 36.5 Å². The van der Waals surface area contributed by atoms with E-state index in [2.05, 4.69) is 31.2 Å². The van der Waals surface area contributed by atoms with Crippen LogP contribution in [0.4, 0.5) is 24.7 Å². The van der Waals surface area contributed by atoms with Crippen LogP contribution < -0.4 is 26.0 Å². The van der Waals surface area contributed by atoms with E-state index in [1.807, 2.05) is 13.0 Å². The lowest BCUT2D eigenvalue weighted by Gasteiger charge is -2.17. The molecule has 1 saturated heterocycles. The molecule has 0 saturated carbocycles. The summed E-state index contributed by atoms with van der Waals surface area (Å²) in [5.74, 6) is -0.464. The molecule has 1 amide bonds. The van der Waals surface area contributed by atoms with E-state index in [0.717, 1.165) is 11.1 Å². The van der Waals surface area contributed by atoms with Gasteiger partial charge in [-0.05, 0) is 55.7 Å². The Bertz CT molecular complexity index is 1730. The molecule has 1 aliphatic rings. The van der Waals surface area contributed by atoms with Gasteiger partial charge in [-0.25, -0.2) is 9.37 Å². The largest absolute Gasteiger partial charge is 0.434 e. The smallest absolute Gasteiger partial charge is 0.387 e. The second-order valence-corrected chi connectivity index (χ2v) is 11.7. The van der Waals surface area contributed by atoms with Gasteiger partial charge >= 0.3 is 6.61 Å². The third-order valence-electron chi connectivity index (χ3n) is 7.84. The molecule has 1 aliphatic heterocycles. The summed E-state index contributed by atoms with van der Waals surface area (Å²) >= 11 is 6.93. The number of pyridine rings is 2. The van der Waals surface area contributed by atoms with E-state index in [1.54, 1.807) is 49.5 Å². The molecule has 0 aliphatic carbocycles. The van der Waals surface area contributed by atoms with E-state index >= 15 is 4.39 Å². The van der Waals surface area contributed by atoms with Gasteiger partial charge in [-0.3, -0.25) is 9.78 Å². The molecule has 5 rings (SSSR count). The van der Waals surface area contributed by atoms with Gasteiger partial charge in [-0.15, -0.1) is 0 Å². The maximum absolute atomic E-state index is 15.3. The van der Waals surface area contributed by atoms with Gasteiger partial charge < -0.3 is 31.1 Å². The van der Waals surface area contributed by atoms with Crippen LogP contribution in [0, 0.1) is 12.7 Å². The molecule has 1 fully saturated rings. The summed E-state index contributed by atoms with van der Waals surface area (Å²) in [4.78, 5) is 20.1. The molecule has 2 atom stereocenters. The number of amides is 1. The Kier molecular flexibility index (Phi) is 11.3. The summed E-state index contributed by atoms with van der Waals surface area (Å²) in [5.41, 5.74) is 4.55. The predicted molar refractivity (Wildman–Crippen MR) is 175 cm³/mol. The number of benzene rings is 2. The van der Waals surface area contributed by atoms with Crippen LogP contribution in [0.5, 0.6) is 5.75 Å². The Hall–Kier alpha value is -4.23. The summed E-state index contributed by atoms with van der Waals surface area (Å²) in [7, 11) is 0. The molecular formula is C34H36ClF3N6O3. The zero-order valence-corrected chi connectivity index (χ0v) is 26.7. The van der Waals surface area contributed by atoms with Crippen molar-refractivity contribution in [2.75, 3.05) is 18.4 Å². The van der Waals surface area contributed by atoms with Gasteiger partial charge in [0.25, 0.3) is 0 Å². The summed E-state index contributed by atoms with van der Waals surface area (Å²) in [6.07, 6.45) is 3.73. The number of hydrogen-bond donors (Lipinski definition) is 5. The van der Waals surface area contributed by atoms with E-state index in [4.69, 9.17) is 16.3 Å². The highest BCUT2D eigenvalue weighted by Crippen LogP contribution is 2.39. The summed E-state index contributed by atoms with van der Waals surface area (Å²) in [6.45, 7) is 1.78. The lowest BCUT2D eigenvalue weighted by atomic mass is 9.97. The van der Waals surface area contributed by atoms with Crippen LogP contribution in [0.15, 0.2) is 60.9 Å². The van der Waals surface area contributed by atoms with Gasteiger partial charge in [0, 0.05) is 79.0 Å². The molecule has 9 nitrogen and oxygen atoms in total. The number of aromatic nitrogens is 2. The molecule has 248 valence electrons. The highest BCUT2D eigenvalue weighted by Gasteiger charge is 2.21. The molecule has 0 radical (unpaired) electrons. The third kappa shape index (κ3) is 8.58. The van der Waals surface area contributed by atoms with E-state index in [9.17, 15) is 18.7 Å². The molecule has 0 unspecified atom stereocenters. The minimum Gasteiger partial charge on any atom is -0.434 e. The molecule has 2 aromatic carbocycles. The zero-order valence-electron chi connectivity index (χ0n) is 25.9. The first-order valence-electron chi connectivity index (χ1n) is 15.2. The van der Waals surface area contributed by atoms with Gasteiger partial charge in [0.05, 0.1) is 16.8 Å². The number of rotatable bonds is 14. The highest BCUT2D eigenvalue weighted by molar-refractivity contribution is 6.35. The fourth-order valence-corrected chi connectivity index (χ4v) is 5.75. The number of alkyl halides is 2. The summed E-state index contributed by atoms with van der Waals surface area (Å²) in [5, 5.41) is 21.9. The van der Waals surface area contributed by atoms with Gasteiger partial charge in [0.15, 0.2) is 11.6 Å². The second kappa shape index (κ2) is 15.6. The molecule has 4 aromatic rings. The number of nitrogens with zero attached hydrogens (tertiary/aromatic N) is 2. The minimum atomic E-state index is -3.04. The standard InChI is InChI=1S/C34H36ClF3N6O3/c1-19(45)15-39-17-23-10-12-42-33(31(23)36)44-27-5-3-4-25(20(27)2)26-11-13-41-32(30(26)35)21-6-7-22(28(14-21)47-34(37)38)16-40-18-24-8-9-29(46)43-24/h3-7,10-14,19,24,34,39-40,45H,8-9,15-18H2,1-2H3,(H,42,44)(H,43,46)/t19-,24-/m0/s1. The van der Waals surface area contributed by atoms with Crippen LogP contribution in [0.25, 0.3) is 22.4 Å².